The summed E-state index contributed by atoms with van der Waals surface area (Å²) < 4.78 is 39.5. The highest BCUT2D eigenvalue weighted by Crippen LogP contribution is 2.68. The molecular formula is C42H44F3N5O3S2. The van der Waals surface area contributed by atoms with E-state index < -0.39 is 22.5 Å². The first-order chi connectivity index (χ1) is 26.4. The molecule has 0 aliphatic carbocycles. The van der Waals surface area contributed by atoms with Gasteiger partial charge in [-0.25, -0.2) is 4.90 Å². The van der Waals surface area contributed by atoms with Gasteiger partial charge in [0.25, 0.3) is 0 Å². The number of fused-ring (bicyclic) bond motifs is 10. The number of alkyl halides is 3. The lowest BCUT2D eigenvalue weighted by Crippen LogP contribution is -2.45. The molecule has 3 saturated heterocycles. The molecule has 9 rings (SSSR count). The van der Waals surface area contributed by atoms with E-state index in [1.807, 2.05) is 37.4 Å². The van der Waals surface area contributed by atoms with Crippen LogP contribution < -0.4 is 9.80 Å². The Kier molecular flexibility index (Phi) is 10.2. The molecule has 0 spiro atoms. The van der Waals surface area contributed by atoms with E-state index in [9.17, 15) is 27.9 Å². The Hall–Kier alpha value is -4.01. The summed E-state index contributed by atoms with van der Waals surface area (Å²) in [5.41, 5.74) is 4.22. The predicted molar refractivity (Wildman–Crippen MR) is 212 cm³/mol. The molecule has 1 N–H and O–H groups in total. The van der Waals surface area contributed by atoms with Crippen molar-refractivity contribution < 1.29 is 27.9 Å². The van der Waals surface area contributed by atoms with E-state index >= 15 is 0 Å². The summed E-state index contributed by atoms with van der Waals surface area (Å²) in [7, 11) is 4.18. The van der Waals surface area contributed by atoms with Crippen molar-refractivity contribution in [3.8, 4) is 5.75 Å². The van der Waals surface area contributed by atoms with Gasteiger partial charge in [-0.15, -0.1) is 11.8 Å². The molecule has 0 radical (unpaired) electrons. The van der Waals surface area contributed by atoms with Gasteiger partial charge in [-0.2, -0.15) is 13.2 Å². The average molecular weight is 788 g/mol. The van der Waals surface area contributed by atoms with Crippen molar-refractivity contribution in [3.05, 3.63) is 108 Å². The minimum atomic E-state index is -4.32. The second-order valence-corrected chi connectivity index (χ2v) is 17.3. The Morgan fingerprint density at radius 1 is 0.836 bits per heavy atom. The Morgan fingerprint density at radius 2 is 1.53 bits per heavy atom. The third-order valence-electron chi connectivity index (χ3n) is 11.6. The molecule has 2 amide bonds. The number of rotatable bonds is 7. The average Bonchev–Trinajstić information content (AvgIpc) is 3.69. The predicted octanol–water partition coefficient (Wildman–Crippen LogP) is 8.05. The number of para-hydroxylation sites is 1. The van der Waals surface area contributed by atoms with Crippen molar-refractivity contribution >= 4 is 52.4 Å². The normalized spacial score (nSPS) is 24.7. The quantitative estimate of drug-likeness (QED) is 0.188. The summed E-state index contributed by atoms with van der Waals surface area (Å²) in [6, 6.07) is 26.5. The number of carbonyl (C=O) groups is 2. The molecule has 55 heavy (non-hydrogen) atoms. The first-order valence-electron chi connectivity index (χ1n) is 18.7. The number of thioether (sulfide) groups is 1. The van der Waals surface area contributed by atoms with Crippen LogP contribution in [-0.2, 0) is 20.6 Å². The van der Waals surface area contributed by atoms with Crippen molar-refractivity contribution in [2.24, 2.45) is 11.8 Å². The minimum absolute atomic E-state index is 0.0798. The number of piperazine rings is 1. The van der Waals surface area contributed by atoms with Crippen LogP contribution in [0.4, 0.5) is 30.2 Å². The number of halogens is 3. The number of likely N-dealkylation sites (N-methyl/N-ethyl adjacent to an activating group) is 1. The van der Waals surface area contributed by atoms with Crippen LogP contribution in [0.2, 0.25) is 0 Å². The van der Waals surface area contributed by atoms with Crippen molar-refractivity contribution in [2.75, 3.05) is 68.9 Å². The molecule has 5 heterocycles. The number of amides is 2. The molecule has 13 heteroatoms. The van der Waals surface area contributed by atoms with Gasteiger partial charge in [-0.3, -0.25) is 14.5 Å². The summed E-state index contributed by atoms with van der Waals surface area (Å²) >= 11 is 3.17. The molecule has 4 aromatic carbocycles. The SMILES string of the molecule is CCSC12c3ccccc3C(C3C(=O)N(c4ccc(O)cc4)C(=O)C31)N2C.CN1CCN(CCCN2c3ccccc3Sc3cc(C(F)(F)F)ccc32)CC1. The van der Waals surface area contributed by atoms with Crippen LogP contribution in [0.25, 0.3) is 0 Å². The van der Waals surface area contributed by atoms with E-state index in [-0.39, 0.29) is 29.5 Å². The van der Waals surface area contributed by atoms with Gasteiger partial charge >= 0.3 is 6.18 Å². The topological polar surface area (TPSA) is 70.6 Å². The Bertz CT molecular complexity index is 2090. The summed E-state index contributed by atoms with van der Waals surface area (Å²) in [5.74, 6) is -0.0711. The number of phenols is 1. The number of nitrogens with zero attached hydrogens (tertiary/aromatic N) is 5. The summed E-state index contributed by atoms with van der Waals surface area (Å²) in [4.78, 5) is 38.6. The van der Waals surface area contributed by atoms with Gasteiger partial charge in [0, 0.05) is 48.6 Å². The maximum absolute atomic E-state index is 13.5. The zero-order chi connectivity index (χ0) is 38.6. The maximum atomic E-state index is 13.5. The third kappa shape index (κ3) is 6.51. The molecule has 3 fully saturated rings. The number of anilines is 3. The summed E-state index contributed by atoms with van der Waals surface area (Å²) in [6.45, 7) is 8.23. The maximum Gasteiger partial charge on any atom is 0.416 e. The van der Waals surface area contributed by atoms with Gasteiger partial charge < -0.3 is 19.8 Å². The van der Waals surface area contributed by atoms with E-state index in [1.165, 1.54) is 46.5 Å². The first kappa shape index (κ1) is 37.9. The van der Waals surface area contributed by atoms with Crippen molar-refractivity contribution in [3.63, 3.8) is 0 Å². The smallest absolute Gasteiger partial charge is 0.416 e. The van der Waals surface area contributed by atoms with Gasteiger partial charge in [0.05, 0.1) is 34.5 Å². The van der Waals surface area contributed by atoms with Crippen LogP contribution in [0.3, 0.4) is 0 Å². The zero-order valence-corrected chi connectivity index (χ0v) is 32.6. The number of phenolic OH excluding ortho intramolecular Hbond substituents is 1. The summed E-state index contributed by atoms with van der Waals surface area (Å²) in [5, 5.41) is 9.55. The number of carbonyl (C=O) groups excluding carboxylic acids is 2. The molecule has 8 nitrogen and oxygen atoms in total. The fourth-order valence-corrected chi connectivity index (χ4v) is 11.7. The number of hydrogen-bond acceptors (Lipinski definition) is 9. The largest absolute Gasteiger partial charge is 0.508 e. The Labute approximate surface area is 328 Å². The highest BCUT2D eigenvalue weighted by Gasteiger charge is 2.73. The van der Waals surface area contributed by atoms with Crippen LogP contribution in [0.5, 0.6) is 5.75 Å². The molecule has 4 aromatic rings. The van der Waals surface area contributed by atoms with Crippen LogP contribution in [-0.4, -0.2) is 90.7 Å². The minimum Gasteiger partial charge on any atom is -0.508 e. The second-order valence-electron chi connectivity index (χ2n) is 14.7. The van der Waals surface area contributed by atoms with Gasteiger partial charge in [-0.1, -0.05) is 55.1 Å². The molecule has 5 aliphatic heterocycles. The molecule has 5 aliphatic rings. The van der Waals surface area contributed by atoms with Crippen molar-refractivity contribution in [1.29, 1.82) is 0 Å². The van der Waals surface area contributed by atoms with Gasteiger partial charge in [-0.05, 0) is 98.5 Å². The van der Waals surface area contributed by atoms with E-state index in [4.69, 9.17) is 0 Å². The number of benzene rings is 4. The fraction of sp³-hybridized carbons (Fsp3) is 0.381. The Balaban J connectivity index is 0.000000155. The molecule has 4 atom stereocenters. The third-order valence-corrected chi connectivity index (χ3v) is 14.2. The van der Waals surface area contributed by atoms with Crippen molar-refractivity contribution in [2.45, 2.75) is 40.2 Å². The summed E-state index contributed by atoms with van der Waals surface area (Å²) in [6.07, 6.45) is -3.35. The monoisotopic (exact) mass is 787 g/mol. The number of hydrogen-bond donors (Lipinski definition) is 1. The number of imide groups is 1. The van der Waals surface area contributed by atoms with E-state index in [1.54, 1.807) is 30.0 Å². The molecule has 288 valence electrons. The van der Waals surface area contributed by atoms with Crippen molar-refractivity contribution in [1.82, 2.24) is 14.7 Å². The van der Waals surface area contributed by atoms with E-state index in [0.29, 0.717) is 10.6 Å². The fourth-order valence-electron chi connectivity index (χ4n) is 9.05. The van der Waals surface area contributed by atoms with Gasteiger partial charge in [0.1, 0.15) is 10.6 Å². The molecule has 2 bridgehead atoms. The highest BCUT2D eigenvalue weighted by molar-refractivity contribution is 8.00. The van der Waals surface area contributed by atoms with Crippen LogP contribution in [0.1, 0.15) is 36.1 Å². The van der Waals surface area contributed by atoms with E-state index in [2.05, 4.69) is 51.8 Å². The molecule has 0 aromatic heterocycles. The van der Waals surface area contributed by atoms with Crippen LogP contribution in [0.15, 0.2) is 101 Å². The van der Waals surface area contributed by atoms with Crippen LogP contribution in [0, 0.1) is 11.8 Å². The molecule has 0 saturated carbocycles. The molecular weight excluding hydrogens is 744 g/mol. The highest BCUT2D eigenvalue weighted by atomic mass is 32.2. The Morgan fingerprint density at radius 3 is 2.25 bits per heavy atom. The molecule has 4 unspecified atom stereocenters. The van der Waals surface area contributed by atoms with E-state index in [0.717, 1.165) is 73.3 Å². The lowest BCUT2D eigenvalue weighted by Gasteiger charge is -2.37. The zero-order valence-electron chi connectivity index (χ0n) is 31.0. The lowest BCUT2D eigenvalue weighted by molar-refractivity contribution is -0.137. The number of aromatic hydroxyl groups is 1. The first-order valence-corrected chi connectivity index (χ1v) is 20.5. The standard InChI is InChI=1S/C21H24F3N3S.C21H20N2O3S/c1-25-11-13-26(14-12-25)9-4-10-27-17-5-2-3-6-19(17)28-20-15-16(21(22,23)24)7-8-18(20)27;1-3-27-21-15-7-5-4-6-14(15)18(22(21)2)16-17(21)20(26)23(19(16)25)12-8-10-13(24)11-9-12/h2-3,5-8,15H,4,9-14H2,1H3;4-11,16-18,24H,3H2,1-2H3. The van der Waals surface area contributed by atoms with Gasteiger partial charge in [0.2, 0.25) is 11.8 Å². The van der Waals surface area contributed by atoms with Crippen LogP contribution >= 0.6 is 23.5 Å². The second kappa shape index (κ2) is 14.8. The lowest BCUT2D eigenvalue weighted by atomic mass is 9.77. The van der Waals surface area contributed by atoms with Gasteiger partial charge in [0.15, 0.2) is 0 Å².